The molecule has 0 fully saturated rings. The van der Waals surface area contributed by atoms with Crippen molar-refractivity contribution in [3.63, 3.8) is 0 Å². The molecule has 0 amide bonds. The van der Waals surface area contributed by atoms with Crippen LogP contribution in [0.15, 0.2) is 0 Å². The van der Waals surface area contributed by atoms with Crippen LogP contribution in [0.25, 0.3) is 0 Å². The van der Waals surface area contributed by atoms with Crippen molar-refractivity contribution in [2.45, 2.75) is 21.9 Å². The summed E-state index contributed by atoms with van der Waals surface area (Å²) in [5, 5.41) is 0. The predicted octanol–water partition coefficient (Wildman–Crippen LogP) is 4.69. The van der Waals surface area contributed by atoms with E-state index in [1.54, 1.807) is 0 Å². The van der Waals surface area contributed by atoms with Gasteiger partial charge in [-0.25, -0.2) is 0 Å². The van der Waals surface area contributed by atoms with Gasteiger partial charge in [0.05, 0.1) is 0 Å². The van der Waals surface area contributed by atoms with Gasteiger partial charge in [-0.3, -0.25) is 0 Å². The van der Waals surface area contributed by atoms with Crippen LogP contribution in [0.1, 0.15) is 0 Å². The normalized spacial score (nSPS) is 16.2. The van der Waals surface area contributed by atoms with Gasteiger partial charge >= 0.3 is 103 Å². The summed E-state index contributed by atoms with van der Waals surface area (Å²) in [5.41, 5.74) is 0. The Morgan fingerprint density at radius 2 is 0.706 bits per heavy atom. The fraction of sp³-hybridized carbons (Fsp3) is 1.00. The monoisotopic (exact) mass is 470 g/mol. The Balaban J connectivity index is 5.73. The molecule has 0 atom stereocenters. The van der Waals surface area contributed by atoms with Crippen molar-refractivity contribution >= 4 is 37.6 Å². The molecule has 0 spiro atoms. The van der Waals surface area contributed by atoms with Crippen molar-refractivity contribution in [1.82, 2.24) is 0 Å². The molecule has 17 heavy (non-hydrogen) atoms. The molecule has 0 saturated heterocycles. The predicted molar refractivity (Wildman–Crippen MR) is 45.6 cm³/mol. The summed E-state index contributed by atoms with van der Waals surface area (Å²) in [5.74, 6) is 0. The van der Waals surface area contributed by atoms with Gasteiger partial charge in [-0.1, -0.05) is 0 Å². The van der Waals surface area contributed by atoms with E-state index in [-0.39, 0.29) is 0 Å². The molecular formula is C4Br2F10Ge. The molecule has 0 heterocycles. The zero-order chi connectivity index (χ0) is 14.5. The molecule has 0 saturated carbocycles. The first-order chi connectivity index (χ1) is 7.00. The minimum absolute atomic E-state index is 1.26. The molecule has 0 aliphatic rings. The molecule has 0 bridgehead atoms. The van der Waals surface area contributed by atoms with Gasteiger partial charge < -0.3 is 0 Å². The zero-order valence-electron chi connectivity index (χ0n) is 7.04. The Bertz CT molecular complexity index is 262. The number of rotatable bonds is 2. The molecule has 0 radical (unpaired) electrons. The minimum atomic E-state index is -7.31. The molecular weight excluding hydrogens is 470 g/mol. The van der Waals surface area contributed by atoms with E-state index in [2.05, 4.69) is 0 Å². The molecule has 0 aromatic rings. The maximum absolute atomic E-state index is 12.6. The van der Waals surface area contributed by atoms with E-state index in [0.717, 1.165) is 0 Å². The average molecular weight is 470 g/mol. The first-order valence-corrected chi connectivity index (χ1v) is 15.2. The maximum atomic E-state index is 12.6. The van der Waals surface area contributed by atoms with Gasteiger partial charge in [0, 0.05) is 0 Å². The third-order valence-electron chi connectivity index (χ3n) is 1.50. The van der Waals surface area contributed by atoms with Gasteiger partial charge in [0.15, 0.2) is 0 Å². The summed E-state index contributed by atoms with van der Waals surface area (Å²) in [6.07, 6.45) is -13.0. The van der Waals surface area contributed by atoms with Crippen LogP contribution in [0.4, 0.5) is 43.9 Å². The van der Waals surface area contributed by atoms with Crippen LogP contribution in [0.2, 0.25) is 0 Å². The summed E-state index contributed by atoms with van der Waals surface area (Å²) in [7, 11) is -7.31. The molecule has 0 unspecified atom stereocenters. The summed E-state index contributed by atoms with van der Waals surface area (Å²) < 4.78 is 109. The Labute approximate surface area is 103 Å². The van der Waals surface area contributed by atoms with Crippen LogP contribution in [0.5, 0.6) is 0 Å². The van der Waals surface area contributed by atoms with Crippen LogP contribution in [0.3, 0.4) is 0 Å². The van der Waals surface area contributed by atoms with Gasteiger partial charge in [0.25, 0.3) is 0 Å². The van der Waals surface area contributed by atoms with E-state index in [4.69, 9.17) is 0 Å². The summed E-state index contributed by atoms with van der Waals surface area (Å²) in [6, 6.07) is 0. The molecule has 13 heteroatoms. The molecule has 0 aromatic heterocycles. The zero-order valence-corrected chi connectivity index (χ0v) is 12.3. The van der Waals surface area contributed by atoms with E-state index >= 15 is 0 Å². The third kappa shape index (κ3) is 2.72. The quantitative estimate of drug-likeness (QED) is 0.406. The second-order valence-electron chi connectivity index (χ2n) is 2.72. The Kier molecular flexibility index (Phi) is 4.63. The fourth-order valence-electron chi connectivity index (χ4n) is 0.553. The first-order valence-electron chi connectivity index (χ1n) is 3.27. The fourth-order valence-corrected chi connectivity index (χ4v) is 7.55. The van der Waals surface area contributed by atoms with E-state index in [1.807, 2.05) is 0 Å². The average Bonchev–Trinajstić information content (AvgIpc) is 1.98. The second-order valence-corrected chi connectivity index (χ2v) is 25.7. The van der Waals surface area contributed by atoms with Gasteiger partial charge in [-0.2, -0.15) is 0 Å². The number of hydrogen-bond acceptors (Lipinski definition) is 0. The van der Waals surface area contributed by atoms with Crippen molar-refractivity contribution in [2.75, 3.05) is 0 Å². The standard InChI is InChI=1S/C4Br2F10Ge/c5-17(6,3(13,14)1(7,8)9)4(15,16)2(10,11)12. The van der Waals surface area contributed by atoms with E-state index < -0.39 is 31.4 Å². The van der Waals surface area contributed by atoms with Gasteiger partial charge in [-0.15, -0.1) is 0 Å². The Morgan fingerprint density at radius 1 is 0.529 bits per heavy atom. The van der Waals surface area contributed by atoms with Gasteiger partial charge in [0.2, 0.25) is 0 Å². The molecule has 0 nitrogen and oxygen atoms in total. The second kappa shape index (κ2) is 4.42. The van der Waals surface area contributed by atoms with E-state index in [0.29, 0.717) is 0 Å². The van der Waals surface area contributed by atoms with Crippen LogP contribution in [-0.2, 0) is 0 Å². The van der Waals surface area contributed by atoms with E-state index in [9.17, 15) is 43.9 Å². The van der Waals surface area contributed by atoms with Crippen molar-refractivity contribution in [3.8, 4) is 0 Å². The number of halogens is 12. The molecule has 0 aliphatic carbocycles. The van der Waals surface area contributed by atoms with Crippen molar-refractivity contribution in [2.24, 2.45) is 0 Å². The van der Waals surface area contributed by atoms with Crippen molar-refractivity contribution in [1.29, 1.82) is 0 Å². The summed E-state index contributed by atoms with van der Waals surface area (Å²) in [4.78, 5) is 0. The SMILES string of the molecule is FC(F)(F)[C](F)(F)[Ge]([Br])([Br])[C](F)(F)C(F)(F)F. The number of alkyl halides is 10. The molecule has 0 aliphatic heterocycles. The van der Waals surface area contributed by atoms with Crippen LogP contribution < -0.4 is 0 Å². The van der Waals surface area contributed by atoms with Crippen LogP contribution in [-0.4, -0.2) is 31.4 Å². The molecule has 0 rings (SSSR count). The summed E-state index contributed by atoms with van der Waals surface area (Å²) >= 11 is 2.52. The van der Waals surface area contributed by atoms with Crippen LogP contribution in [0, 0.1) is 0 Å². The number of hydrogen-bond donors (Lipinski definition) is 0. The Hall–Kier alpha value is 0.803. The first kappa shape index (κ1) is 17.8. The summed E-state index contributed by atoms with van der Waals surface area (Å²) in [6.45, 7) is 0. The molecule has 104 valence electrons. The Morgan fingerprint density at radius 3 is 0.824 bits per heavy atom. The molecule has 0 N–H and O–H groups in total. The van der Waals surface area contributed by atoms with E-state index in [1.165, 1.54) is 28.0 Å². The topological polar surface area (TPSA) is 0 Å². The van der Waals surface area contributed by atoms with Crippen LogP contribution >= 0.6 is 28.0 Å². The van der Waals surface area contributed by atoms with Crippen molar-refractivity contribution in [3.05, 3.63) is 0 Å². The van der Waals surface area contributed by atoms with Crippen molar-refractivity contribution < 1.29 is 43.9 Å². The molecule has 0 aromatic carbocycles. The van der Waals surface area contributed by atoms with Gasteiger partial charge in [0.1, 0.15) is 0 Å². The third-order valence-corrected chi connectivity index (χ3v) is 16.3. The van der Waals surface area contributed by atoms with Gasteiger partial charge in [-0.05, 0) is 0 Å².